The van der Waals surface area contributed by atoms with E-state index in [0.29, 0.717) is 11.8 Å². The first kappa shape index (κ1) is 25.6. The molecule has 34 heavy (non-hydrogen) atoms. The number of hydrogen-bond donors (Lipinski definition) is 3. The molecule has 10 nitrogen and oxygen atoms in total. The molecular weight excluding hydrogens is 444 g/mol. The Morgan fingerprint density at radius 1 is 1.21 bits per heavy atom. The maximum absolute atomic E-state index is 11.2. The lowest BCUT2D eigenvalue weighted by molar-refractivity contribution is -0.333. The number of nitrogens with zero attached hydrogens (tertiary/aromatic N) is 2. The van der Waals surface area contributed by atoms with Crippen molar-refractivity contribution in [1.29, 1.82) is 0 Å². The number of carboxylic acids is 2. The van der Waals surface area contributed by atoms with Gasteiger partial charge >= 0.3 is 0 Å². The van der Waals surface area contributed by atoms with Crippen LogP contribution in [-0.2, 0) is 9.59 Å². The number of carboxylic acid groups (broad SMARTS) is 2. The molecule has 0 aliphatic carbocycles. The molecule has 4 unspecified atom stereocenters. The minimum atomic E-state index is -2.44. The van der Waals surface area contributed by atoms with Gasteiger partial charge in [-0.15, -0.1) is 6.58 Å². The highest BCUT2D eigenvalue weighted by atomic mass is 16.5. The average molecular weight is 472 g/mol. The van der Waals surface area contributed by atoms with Gasteiger partial charge in [-0.2, -0.15) is 0 Å². The van der Waals surface area contributed by atoms with Crippen molar-refractivity contribution in [2.24, 2.45) is 11.8 Å². The van der Waals surface area contributed by atoms with Crippen LogP contribution >= 0.6 is 0 Å². The molecular formula is C24H28N2O8-2. The number of pyridine rings is 1. The number of fused-ring (bicyclic) bond motifs is 4. The molecule has 3 aliphatic heterocycles. The molecule has 2 bridgehead atoms. The first-order chi connectivity index (χ1) is 16.2. The average Bonchev–Trinajstić information content (AvgIpc) is 2.86. The van der Waals surface area contributed by atoms with E-state index in [-0.39, 0.29) is 6.04 Å². The molecule has 0 amide bonds. The van der Waals surface area contributed by atoms with Gasteiger partial charge in [-0.25, -0.2) is 0 Å². The van der Waals surface area contributed by atoms with Crippen molar-refractivity contribution >= 4 is 22.8 Å². The van der Waals surface area contributed by atoms with Gasteiger partial charge in [0.1, 0.15) is 18.0 Å². The minimum Gasteiger partial charge on any atom is -0.547 e. The van der Waals surface area contributed by atoms with Crippen LogP contribution in [0.15, 0.2) is 43.1 Å². The number of aliphatic carboxylic acids is 2. The Labute approximate surface area is 196 Å². The molecule has 3 aliphatic rings. The number of carbonyl (C=O) groups is 2. The van der Waals surface area contributed by atoms with Crippen molar-refractivity contribution in [3.63, 3.8) is 0 Å². The molecule has 0 radical (unpaired) electrons. The molecule has 0 spiro atoms. The van der Waals surface area contributed by atoms with Crippen LogP contribution in [0.5, 0.6) is 5.75 Å². The first-order valence-corrected chi connectivity index (χ1v) is 10.9. The van der Waals surface area contributed by atoms with E-state index in [1.807, 2.05) is 24.3 Å². The van der Waals surface area contributed by atoms with Gasteiger partial charge in [0.05, 0.1) is 30.7 Å². The van der Waals surface area contributed by atoms with Crippen LogP contribution in [0, 0.1) is 11.8 Å². The number of rotatable bonds is 7. The lowest BCUT2D eigenvalue weighted by Crippen LogP contribution is -2.54. The molecule has 3 saturated heterocycles. The van der Waals surface area contributed by atoms with Gasteiger partial charge in [0.15, 0.2) is 0 Å². The quantitative estimate of drug-likeness (QED) is 0.399. The third kappa shape index (κ3) is 5.36. The highest BCUT2D eigenvalue weighted by Gasteiger charge is 2.42. The van der Waals surface area contributed by atoms with E-state index in [4.69, 9.17) is 14.9 Å². The fourth-order valence-electron chi connectivity index (χ4n) is 4.70. The zero-order valence-corrected chi connectivity index (χ0v) is 18.7. The Kier molecular flexibility index (Phi) is 8.21. The molecule has 7 atom stereocenters. The molecule has 2 aromatic rings. The minimum absolute atomic E-state index is 0.178. The number of aliphatic hydroxyl groups excluding tert-OH is 3. The Morgan fingerprint density at radius 2 is 1.88 bits per heavy atom. The Morgan fingerprint density at radius 3 is 2.41 bits per heavy atom. The second-order valence-corrected chi connectivity index (χ2v) is 8.50. The van der Waals surface area contributed by atoms with E-state index in [9.17, 15) is 24.9 Å². The summed E-state index contributed by atoms with van der Waals surface area (Å²) in [5.74, 6) is -2.11. The standard InChI is InChI=1S/C20H24N2O2.C4H6O6/c1-3-13-12-22-9-7-14(13)10-19(22)20(23)16-6-8-21-18-5-4-15(24-2)11-17(16)18;5-1(3(7)8)2(6)4(9)10/h3-6,8,11,13-14,19-20,23H,1,7,9-10,12H2,2H3;1-2,5-6H,(H,7,8)(H,9,10)/p-2/t13?,14?,19?,20-;1-,2-/m01/s1. The molecule has 4 heterocycles. The normalized spacial score (nSPS) is 26.0. The number of ether oxygens (including phenoxy) is 1. The van der Waals surface area contributed by atoms with Gasteiger partial charge in [0, 0.05) is 24.2 Å². The third-order valence-corrected chi connectivity index (χ3v) is 6.60. The first-order valence-electron chi connectivity index (χ1n) is 10.9. The lowest BCUT2D eigenvalue weighted by atomic mass is 9.73. The number of methoxy groups -OCH3 is 1. The van der Waals surface area contributed by atoms with E-state index in [2.05, 4.69) is 22.5 Å². The van der Waals surface area contributed by atoms with Gasteiger partial charge in [0.25, 0.3) is 0 Å². The predicted octanol–water partition coefficient (Wildman–Crippen LogP) is -1.62. The molecule has 5 rings (SSSR count). The molecule has 1 aromatic heterocycles. The highest BCUT2D eigenvalue weighted by Crippen LogP contribution is 2.42. The summed E-state index contributed by atoms with van der Waals surface area (Å²) in [5.41, 5.74) is 1.85. The molecule has 3 fully saturated rings. The van der Waals surface area contributed by atoms with Gasteiger partial charge in [-0.3, -0.25) is 9.88 Å². The maximum Gasteiger partial charge on any atom is 0.124 e. The van der Waals surface area contributed by atoms with Crippen molar-refractivity contribution < 1.29 is 39.9 Å². The summed E-state index contributed by atoms with van der Waals surface area (Å²) in [6.07, 6.45) is 0.741. The van der Waals surface area contributed by atoms with Gasteiger partial charge < -0.3 is 39.9 Å². The fourth-order valence-corrected chi connectivity index (χ4v) is 4.70. The summed E-state index contributed by atoms with van der Waals surface area (Å²) in [4.78, 5) is 26.1. The molecule has 3 N–H and O–H groups in total. The maximum atomic E-state index is 11.2. The monoisotopic (exact) mass is 472 g/mol. The van der Waals surface area contributed by atoms with Crippen LogP contribution in [0.4, 0.5) is 0 Å². The number of hydrogen-bond acceptors (Lipinski definition) is 10. The SMILES string of the molecule is C=CC1CN2CCC1CC2[C@@H](O)c1ccnc2ccc(OC)cc12.O=C([O-])[C@H](O)[C@@H](O)C(=O)[O-]. The lowest BCUT2D eigenvalue weighted by Gasteiger charge is -2.50. The number of aromatic nitrogens is 1. The summed E-state index contributed by atoms with van der Waals surface area (Å²) < 4.78 is 5.35. The molecule has 184 valence electrons. The van der Waals surface area contributed by atoms with Gasteiger partial charge in [0.2, 0.25) is 0 Å². The van der Waals surface area contributed by atoms with E-state index in [1.54, 1.807) is 13.3 Å². The largest absolute Gasteiger partial charge is 0.547 e. The summed E-state index contributed by atoms with van der Waals surface area (Å²) in [6.45, 7) is 6.07. The number of carbonyl (C=O) groups excluding carboxylic acids is 2. The highest BCUT2D eigenvalue weighted by molar-refractivity contribution is 5.84. The smallest absolute Gasteiger partial charge is 0.124 e. The predicted molar refractivity (Wildman–Crippen MR) is 117 cm³/mol. The molecule has 10 heteroatoms. The number of benzene rings is 1. The van der Waals surface area contributed by atoms with Crippen LogP contribution in [0.3, 0.4) is 0 Å². The second-order valence-electron chi connectivity index (χ2n) is 8.50. The topological polar surface area (TPSA) is 166 Å². The van der Waals surface area contributed by atoms with Crippen molar-refractivity contribution in [3.8, 4) is 5.75 Å². The van der Waals surface area contributed by atoms with Gasteiger partial charge in [-0.1, -0.05) is 6.08 Å². The molecule has 0 saturated carbocycles. The summed E-state index contributed by atoms with van der Waals surface area (Å²) in [5, 5.41) is 47.9. The fraction of sp³-hybridized carbons (Fsp3) is 0.458. The Hall–Kier alpha value is -3.05. The van der Waals surface area contributed by atoms with Crippen LogP contribution in [-0.4, -0.2) is 75.6 Å². The number of piperidine rings is 3. The Balaban J connectivity index is 0.000000277. The zero-order chi connectivity index (χ0) is 25.0. The number of aliphatic hydroxyl groups is 3. The van der Waals surface area contributed by atoms with Crippen LogP contribution in [0.25, 0.3) is 10.9 Å². The van der Waals surface area contributed by atoms with Gasteiger partial charge in [-0.05, 0) is 61.1 Å². The zero-order valence-electron chi connectivity index (χ0n) is 18.7. The van der Waals surface area contributed by atoms with Crippen molar-refractivity contribution in [2.75, 3.05) is 20.2 Å². The molecule has 1 aromatic carbocycles. The summed E-state index contributed by atoms with van der Waals surface area (Å²) >= 11 is 0. The van der Waals surface area contributed by atoms with Crippen LogP contribution in [0.2, 0.25) is 0 Å². The third-order valence-electron chi connectivity index (χ3n) is 6.60. The van der Waals surface area contributed by atoms with Crippen molar-refractivity contribution in [3.05, 3.63) is 48.7 Å². The second kappa shape index (κ2) is 10.9. The Bertz CT molecular complexity index is 1030. The van der Waals surface area contributed by atoms with Crippen molar-refractivity contribution in [1.82, 2.24) is 9.88 Å². The van der Waals surface area contributed by atoms with E-state index in [1.165, 1.54) is 6.42 Å². The van der Waals surface area contributed by atoms with E-state index in [0.717, 1.165) is 41.7 Å². The van der Waals surface area contributed by atoms with E-state index >= 15 is 0 Å². The summed E-state index contributed by atoms with van der Waals surface area (Å²) in [6, 6.07) is 7.96. The summed E-state index contributed by atoms with van der Waals surface area (Å²) in [7, 11) is 1.66. The van der Waals surface area contributed by atoms with Crippen molar-refractivity contribution in [2.45, 2.75) is 37.2 Å². The van der Waals surface area contributed by atoms with E-state index < -0.39 is 30.3 Å². The van der Waals surface area contributed by atoms with Crippen LogP contribution < -0.4 is 14.9 Å². The van der Waals surface area contributed by atoms with Crippen LogP contribution in [0.1, 0.15) is 24.5 Å².